The summed E-state index contributed by atoms with van der Waals surface area (Å²) in [6.07, 6.45) is -1.07. The Morgan fingerprint density at radius 2 is 0.698 bits per heavy atom. The van der Waals surface area contributed by atoms with Crippen LogP contribution in [0.15, 0.2) is 36.4 Å². The third kappa shape index (κ3) is 15.0. The van der Waals surface area contributed by atoms with Crippen LogP contribution in [0.25, 0.3) is 0 Å². The zero-order valence-electron chi connectivity index (χ0n) is 27.5. The lowest BCUT2D eigenvalue weighted by Crippen LogP contribution is -2.17. The van der Waals surface area contributed by atoms with Gasteiger partial charge in [0.05, 0.1) is 22.3 Å². The molecule has 0 spiro atoms. The first kappa shape index (κ1) is 45.0. The molecule has 292 valence electrons. The van der Waals surface area contributed by atoms with E-state index in [0.29, 0.717) is 0 Å². The number of benzene rings is 2. The van der Waals surface area contributed by atoms with Gasteiger partial charge in [-0.1, -0.05) is 0 Å². The highest BCUT2D eigenvalue weighted by Gasteiger charge is 2.31. The predicted molar refractivity (Wildman–Crippen MR) is 173 cm³/mol. The molecule has 53 heavy (non-hydrogen) atoms. The SMILES string of the molecule is COP(=O)(O)OC(=O)c1cc(NC(=O)CCCC(=O)Nc2cc(C(=O)OP(=O)(O)OC)cc(C(=O)OP(=O)(O)OC)c2)cc(C(=O)OP(=O)(O)OC)c1. The Balaban J connectivity index is 2.23. The monoisotopic (exact) mass is 834 g/mol. The van der Waals surface area contributed by atoms with Gasteiger partial charge in [-0.05, 0) is 42.8 Å². The number of phosphoric ester groups is 4. The van der Waals surface area contributed by atoms with E-state index in [0.717, 1.165) is 64.8 Å². The van der Waals surface area contributed by atoms with Gasteiger partial charge in [-0.3, -0.25) is 47.3 Å². The molecule has 0 radical (unpaired) electrons. The molecule has 0 bridgehead atoms. The Kier molecular flexibility index (Phi) is 15.9. The molecule has 0 fully saturated rings. The summed E-state index contributed by atoms with van der Waals surface area (Å²) in [5, 5.41) is 4.55. The molecule has 0 saturated carbocycles. The van der Waals surface area contributed by atoms with Crippen molar-refractivity contribution in [2.24, 2.45) is 0 Å². The average Bonchev–Trinajstić information content (AvgIpc) is 3.07. The lowest BCUT2D eigenvalue weighted by Gasteiger charge is -2.14. The highest BCUT2D eigenvalue weighted by Crippen LogP contribution is 2.45. The van der Waals surface area contributed by atoms with Crippen LogP contribution in [0, 0.1) is 0 Å². The van der Waals surface area contributed by atoms with Crippen LogP contribution in [0.5, 0.6) is 0 Å². The van der Waals surface area contributed by atoms with Gasteiger partial charge in [-0.2, -0.15) is 0 Å². The van der Waals surface area contributed by atoms with Crippen LogP contribution in [0.2, 0.25) is 0 Å². The number of hydrogen-bond donors (Lipinski definition) is 6. The first-order chi connectivity index (χ1) is 24.4. The van der Waals surface area contributed by atoms with E-state index in [1.54, 1.807) is 0 Å². The Morgan fingerprint density at radius 3 is 0.906 bits per heavy atom. The zero-order valence-corrected chi connectivity index (χ0v) is 31.1. The fourth-order valence-electron chi connectivity index (χ4n) is 3.51. The summed E-state index contributed by atoms with van der Waals surface area (Å²) in [6.45, 7) is 0. The van der Waals surface area contributed by atoms with Crippen LogP contribution in [-0.2, 0) is 64.0 Å². The van der Waals surface area contributed by atoms with Crippen molar-refractivity contribution < 1.29 is 103 Å². The molecular weight excluding hydrogens is 804 g/mol. The lowest BCUT2D eigenvalue weighted by atomic mass is 10.1. The first-order valence-corrected chi connectivity index (χ1v) is 19.8. The van der Waals surface area contributed by atoms with Crippen LogP contribution in [0.1, 0.15) is 60.7 Å². The second-order valence-electron chi connectivity index (χ2n) is 9.67. The quantitative estimate of drug-likeness (QED) is 0.117. The van der Waals surface area contributed by atoms with E-state index in [1.807, 2.05) is 0 Å². The molecule has 2 aromatic rings. The summed E-state index contributed by atoms with van der Waals surface area (Å²) in [5.41, 5.74) is -3.19. The summed E-state index contributed by atoms with van der Waals surface area (Å²) < 4.78 is 80.7. The fourth-order valence-corrected chi connectivity index (χ4v) is 5.06. The van der Waals surface area contributed by atoms with Gasteiger partial charge >= 0.3 is 55.2 Å². The van der Waals surface area contributed by atoms with Crippen molar-refractivity contribution >= 4 is 78.4 Å². The first-order valence-electron chi connectivity index (χ1n) is 13.8. The molecule has 0 aliphatic heterocycles. The minimum Gasteiger partial charge on any atom is -0.367 e. The number of carbonyl (C=O) groups is 6. The maximum absolute atomic E-state index is 12.7. The Morgan fingerprint density at radius 1 is 0.472 bits per heavy atom. The molecule has 2 aromatic carbocycles. The van der Waals surface area contributed by atoms with Crippen molar-refractivity contribution in [3.63, 3.8) is 0 Å². The smallest absolute Gasteiger partial charge is 0.367 e. The second kappa shape index (κ2) is 18.8. The van der Waals surface area contributed by atoms with Crippen LogP contribution in [0.3, 0.4) is 0 Å². The molecule has 6 N–H and O–H groups in total. The van der Waals surface area contributed by atoms with Gasteiger partial charge in [0.15, 0.2) is 0 Å². The van der Waals surface area contributed by atoms with Crippen molar-refractivity contribution in [2.75, 3.05) is 39.1 Å². The van der Waals surface area contributed by atoms with Crippen molar-refractivity contribution in [2.45, 2.75) is 19.3 Å². The number of anilines is 2. The Hall–Kier alpha value is -4.14. The van der Waals surface area contributed by atoms with Gasteiger partial charge < -0.3 is 28.7 Å². The predicted octanol–water partition coefficient (Wildman–Crippen LogP) is 3.05. The highest BCUT2D eigenvalue weighted by atomic mass is 31.2. The minimum atomic E-state index is -4.89. The van der Waals surface area contributed by atoms with Gasteiger partial charge in [0.25, 0.3) is 0 Å². The van der Waals surface area contributed by atoms with Crippen LogP contribution < -0.4 is 10.6 Å². The van der Waals surface area contributed by atoms with Crippen molar-refractivity contribution in [3.05, 3.63) is 58.7 Å². The number of nitrogens with one attached hydrogen (secondary N) is 2. The summed E-state index contributed by atoms with van der Waals surface area (Å²) in [7, 11) is -16.6. The molecule has 2 amide bonds. The van der Waals surface area contributed by atoms with Crippen molar-refractivity contribution in [1.29, 1.82) is 0 Å². The minimum absolute atomic E-state index is 0.211. The maximum Gasteiger partial charge on any atom is 0.529 e. The van der Waals surface area contributed by atoms with Crippen LogP contribution in [0.4, 0.5) is 11.4 Å². The van der Waals surface area contributed by atoms with Gasteiger partial charge in [-0.15, -0.1) is 0 Å². The van der Waals surface area contributed by atoms with Gasteiger partial charge in [0, 0.05) is 52.7 Å². The molecule has 24 nitrogen and oxygen atoms in total. The van der Waals surface area contributed by atoms with E-state index in [9.17, 15) is 66.6 Å². The molecule has 0 heterocycles. The number of amides is 2. The highest BCUT2D eigenvalue weighted by molar-refractivity contribution is 7.48. The van der Waals surface area contributed by atoms with E-state index in [-0.39, 0.29) is 17.8 Å². The fraction of sp³-hybridized carbons (Fsp3) is 0.280. The lowest BCUT2D eigenvalue weighted by molar-refractivity contribution is -0.117. The molecule has 0 aliphatic carbocycles. The number of carbonyl (C=O) groups excluding carboxylic acids is 6. The summed E-state index contributed by atoms with van der Waals surface area (Å²) in [5.74, 6) is -7.80. The van der Waals surface area contributed by atoms with E-state index < -0.39 is 102 Å². The molecule has 2 rings (SSSR count). The van der Waals surface area contributed by atoms with Crippen molar-refractivity contribution in [1.82, 2.24) is 0 Å². The number of hydrogen-bond acceptors (Lipinski definition) is 18. The Labute approximate surface area is 298 Å². The maximum atomic E-state index is 12.7. The second-order valence-corrected chi connectivity index (χ2v) is 15.6. The third-order valence-electron chi connectivity index (χ3n) is 5.90. The molecular formula is C25H30N2O22P4. The number of rotatable bonds is 18. The zero-order chi connectivity index (χ0) is 40.4. The summed E-state index contributed by atoms with van der Waals surface area (Å²) >= 11 is 0. The summed E-state index contributed by atoms with van der Waals surface area (Å²) in [4.78, 5) is 113. The Bertz CT molecular complexity index is 1720. The third-order valence-corrected chi connectivity index (χ3v) is 9.33. The average molecular weight is 834 g/mol. The topological polar surface area (TPSA) is 350 Å². The van der Waals surface area contributed by atoms with E-state index in [2.05, 4.69) is 46.8 Å². The molecule has 0 aromatic heterocycles. The molecule has 4 atom stereocenters. The largest absolute Gasteiger partial charge is 0.529 e. The molecule has 28 heteroatoms. The van der Waals surface area contributed by atoms with Gasteiger partial charge in [0.2, 0.25) is 11.8 Å². The van der Waals surface area contributed by atoms with E-state index in [4.69, 9.17) is 0 Å². The standard InChI is InChI=1S/C25H30N2O22P4/c1-42-50(34,35)46-22(30)14-8-15(23(31)47-51(36,37)43-2)11-18(10-14)26-20(28)6-5-7-21(29)27-19-12-16(24(32)48-52(38,39)44-3)9-17(13-19)25(33)49-53(40,41)45-4/h8-13H,5-7H2,1-4H3,(H,26,28)(H,27,29)(H,34,35)(H,36,37)(H,38,39)(H,40,41). The van der Waals surface area contributed by atoms with Gasteiger partial charge in [0.1, 0.15) is 0 Å². The summed E-state index contributed by atoms with van der Waals surface area (Å²) in [6, 6.07) is 5.02. The normalized spacial score (nSPS) is 15.5. The van der Waals surface area contributed by atoms with E-state index >= 15 is 0 Å². The van der Waals surface area contributed by atoms with Crippen molar-refractivity contribution in [3.8, 4) is 0 Å². The number of phosphoric acid groups is 4. The van der Waals surface area contributed by atoms with E-state index in [1.165, 1.54) is 0 Å². The van der Waals surface area contributed by atoms with Crippen LogP contribution >= 0.6 is 31.3 Å². The molecule has 0 aliphatic rings. The van der Waals surface area contributed by atoms with Gasteiger partial charge in [-0.25, -0.2) is 37.4 Å². The van der Waals surface area contributed by atoms with Crippen LogP contribution in [-0.4, -0.2) is 83.7 Å². The molecule has 4 unspecified atom stereocenters. The molecule has 0 saturated heterocycles.